The molecule has 5 heteroatoms. The first-order valence-corrected chi connectivity index (χ1v) is 6.07. The average molecular weight is 255 g/mol. The minimum absolute atomic E-state index is 0.0200. The van der Waals surface area contributed by atoms with Crippen molar-refractivity contribution < 1.29 is 9.53 Å². The Morgan fingerprint density at radius 1 is 1.47 bits per heavy atom. The Hall–Kier alpha value is -2.48. The van der Waals surface area contributed by atoms with Gasteiger partial charge in [-0.2, -0.15) is 5.26 Å². The van der Waals surface area contributed by atoms with Gasteiger partial charge in [0, 0.05) is 30.1 Å². The highest BCUT2D eigenvalue weighted by Crippen LogP contribution is 2.23. The molecule has 0 atom stereocenters. The normalized spacial score (nSPS) is 15.1. The Bertz CT molecular complexity index is 678. The van der Waals surface area contributed by atoms with Gasteiger partial charge in [0.2, 0.25) is 0 Å². The summed E-state index contributed by atoms with van der Waals surface area (Å²) >= 11 is 0. The van der Waals surface area contributed by atoms with Crippen molar-refractivity contribution in [2.75, 3.05) is 20.2 Å². The number of nitriles is 1. The van der Waals surface area contributed by atoms with E-state index < -0.39 is 0 Å². The SMILES string of the molecule is COc1ccc2cc(C(=O)N3CC(C#N)C3)[nH]c2c1. The van der Waals surface area contributed by atoms with Crippen LogP contribution in [0.25, 0.3) is 10.9 Å². The van der Waals surface area contributed by atoms with Gasteiger partial charge < -0.3 is 14.6 Å². The number of H-pyrrole nitrogens is 1. The molecule has 1 N–H and O–H groups in total. The Morgan fingerprint density at radius 3 is 2.95 bits per heavy atom. The molecule has 3 rings (SSSR count). The Kier molecular flexibility index (Phi) is 2.64. The number of fused-ring (bicyclic) bond motifs is 1. The van der Waals surface area contributed by atoms with Crippen LogP contribution in [0.4, 0.5) is 0 Å². The number of aromatic amines is 1. The number of hydrogen-bond donors (Lipinski definition) is 1. The second-order valence-corrected chi connectivity index (χ2v) is 4.67. The molecule has 19 heavy (non-hydrogen) atoms. The predicted molar refractivity (Wildman–Crippen MR) is 69.9 cm³/mol. The van der Waals surface area contributed by atoms with Crippen LogP contribution in [0.2, 0.25) is 0 Å². The van der Waals surface area contributed by atoms with E-state index in [1.165, 1.54) is 0 Å². The number of hydrogen-bond acceptors (Lipinski definition) is 3. The lowest BCUT2D eigenvalue weighted by atomic mass is 10.0. The van der Waals surface area contributed by atoms with Crippen LogP contribution in [0.1, 0.15) is 10.5 Å². The maximum Gasteiger partial charge on any atom is 0.270 e. The molecule has 0 spiro atoms. The topological polar surface area (TPSA) is 69.1 Å². The van der Waals surface area contributed by atoms with Gasteiger partial charge in [-0.25, -0.2) is 0 Å². The van der Waals surface area contributed by atoms with E-state index in [4.69, 9.17) is 10.00 Å². The van der Waals surface area contributed by atoms with Gasteiger partial charge in [-0.3, -0.25) is 4.79 Å². The maximum atomic E-state index is 12.2. The van der Waals surface area contributed by atoms with Gasteiger partial charge in [0.05, 0.1) is 19.1 Å². The maximum absolute atomic E-state index is 12.2. The number of benzene rings is 1. The first kappa shape index (κ1) is 11.6. The lowest BCUT2D eigenvalue weighted by Gasteiger charge is -2.34. The van der Waals surface area contributed by atoms with Crippen LogP contribution < -0.4 is 4.74 Å². The second-order valence-electron chi connectivity index (χ2n) is 4.67. The van der Waals surface area contributed by atoms with Crippen LogP contribution in [-0.4, -0.2) is 36.0 Å². The Morgan fingerprint density at radius 2 is 2.26 bits per heavy atom. The highest BCUT2D eigenvalue weighted by atomic mass is 16.5. The van der Waals surface area contributed by atoms with Crippen molar-refractivity contribution in [1.29, 1.82) is 5.26 Å². The van der Waals surface area contributed by atoms with E-state index in [-0.39, 0.29) is 11.8 Å². The van der Waals surface area contributed by atoms with E-state index in [0.717, 1.165) is 16.7 Å². The van der Waals surface area contributed by atoms with Crippen molar-refractivity contribution in [3.05, 3.63) is 30.0 Å². The molecule has 1 fully saturated rings. The molecule has 1 aliphatic heterocycles. The number of likely N-dealkylation sites (tertiary alicyclic amines) is 1. The minimum Gasteiger partial charge on any atom is -0.497 e. The third-order valence-corrected chi connectivity index (χ3v) is 3.41. The van der Waals surface area contributed by atoms with Crippen LogP contribution in [-0.2, 0) is 0 Å². The fraction of sp³-hybridized carbons (Fsp3) is 0.286. The van der Waals surface area contributed by atoms with Crippen LogP contribution in [0.3, 0.4) is 0 Å². The van der Waals surface area contributed by atoms with Gasteiger partial charge in [-0.05, 0) is 18.2 Å². The molecule has 0 radical (unpaired) electrons. The van der Waals surface area contributed by atoms with Gasteiger partial charge in [0.15, 0.2) is 0 Å². The number of methoxy groups -OCH3 is 1. The average Bonchev–Trinajstić information content (AvgIpc) is 2.79. The third kappa shape index (κ3) is 1.91. The number of rotatable bonds is 2. The van der Waals surface area contributed by atoms with Crippen molar-refractivity contribution in [1.82, 2.24) is 9.88 Å². The van der Waals surface area contributed by atoms with Crippen molar-refractivity contribution in [3.63, 3.8) is 0 Å². The molecule has 0 bridgehead atoms. The molecular weight excluding hydrogens is 242 g/mol. The molecule has 1 aromatic carbocycles. The zero-order chi connectivity index (χ0) is 13.4. The predicted octanol–water partition coefficient (Wildman–Crippen LogP) is 1.77. The molecule has 2 heterocycles. The molecule has 1 amide bonds. The Balaban J connectivity index is 1.85. The largest absolute Gasteiger partial charge is 0.497 e. The molecular formula is C14H13N3O2. The summed E-state index contributed by atoms with van der Waals surface area (Å²) in [6, 6.07) is 9.62. The minimum atomic E-state index is -0.0540. The first-order valence-electron chi connectivity index (χ1n) is 6.07. The van der Waals surface area contributed by atoms with Crippen molar-refractivity contribution in [3.8, 4) is 11.8 Å². The van der Waals surface area contributed by atoms with E-state index in [2.05, 4.69) is 11.1 Å². The number of amides is 1. The van der Waals surface area contributed by atoms with E-state index in [0.29, 0.717) is 18.8 Å². The van der Waals surface area contributed by atoms with Gasteiger partial charge >= 0.3 is 0 Å². The number of carbonyl (C=O) groups excluding carboxylic acids is 1. The van der Waals surface area contributed by atoms with Crippen LogP contribution in [0.5, 0.6) is 5.75 Å². The van der Waals surface area contributed by atoms with E-state index in [9.17, 15) is 4.79 Å². The summed E-state index contributed by atoms with van der Waals surface area (Å²) in [5, 5.41) is 9.69. The zero-order valence-corrected chi connectivity index (χ0v) is 10.5. The smallest absolute Gasteiger partial charge is 0.270 e. The summed E-state index contributed by atoms with van der Waals surface area (Å²) < 4.78 is 5.15. The van der Waals surface area contributed by atoms with E-state index in [1.807, 2.05) is 24.3 Å². The molecule has 1 aliphatic rings. The van der Waals surface area contributed by atoms with Gasteiger partial charge in [-0.1, -0.05) is 0 Å². The number of nitrogens with zero attached hydrogens (tertiary/aromatic N) is 2. The lowest BCUT2D eigenvalue weighted by Crippen LogP contribution is -2.49. The van der Waals surface area contributed by atoms with Gasteiger partial charge in [0.25, 0.3) is 5.91 Å². The van der Waals surface area contributed by atoms with E-state index >= 15 is 0 Å². The highest BCUT2D eigenvalue weighted by molar-refractivity contribution is 5.98. The monoisotopic (exact) mass is 255 g/mol. The summed E-state index contributed by atoms with van der Waals surface area (Å²) in [5.41, 5.74) is 1.43. The molecule has 5 nitrogen and oxygen atoms in total. The van der Waals surface area contributed by atoms with Crippen LogP contribution in [0.15, 0.2) is 24.3 Å². The second kappa shape index (κ2) is 4.32. The first-order chi connectivity index (χ1) is 9.21. The molecule has 2 aromatic rings. The third-order valence-electron chi connectivity index (χ3n) is 3.41. The molecule has 0 aliphatic carbocycles. The van der Waals surface area contributed by atoms with Gasteiger partial charge in [-0.15, -0.1) is 0 Å². The molecule has 96 valence electrons. The summed E-state index contributed by atoms with van der Waals surface area (Å²) in [7, 11) is 1.61. The van der Waals surface area contributed by atoms with Crippen molar-refractivity contribution >= 4 is 16.8 Å². The van der Waals surface area contributed by atoms with Gasteiger partial charge in [0.1, 0.15) is 11.4 Å². The molecule has 0 unspecified atom stereocenters. The summed E-state index contributed by atoms with van der Waals surface area (Å²) in [5.74, 6) is 0.678. The lowest BCUT2D eigenvalue weighted by molar-refractivity contribution is 0.0572. The fourth-order valence-electron chi connectivity index (χ4n) is 2.24. The number of carbonyl (C=O) groups is 1. The van der Waals surface area contributed by atoms with Crippen molar-refractivity contribution in [2.24, 2.45) is 5.92 Å². The van der Waals surface area contributed by atoms with Crippen molar-refractivity contribution in [2.45, 2.75) is 0 Å². The summed E-state index contributed by atoms with van der Waals surface area (Å²) in [6.45, 7) is 1.04. The highest BCUT2D eigenvalue weighted by Gasteiger charge is 2.31. The Labute approximate surface area is 110 Å². The van der Waals surface area contributed by atoms with Crippen LogP contribution in [0, 0.1) is 17.2 Å². The zero-order valence-electron chi connectivity index (χ0n) is 10.5. The van der Waals surface area contributed by atoms with E-state index in [1.54, 1.807) is 12.0 Å². The number of ether oxygens (including phenoxy) is 1. The van der Waals surface area contributed by atoms with Crippen LogP contribution >= 0.6 is 0 Å². The quantitative estimate of drug-likeness (QED) is 0.889. The standard InChI is InChI=1S/C14H13N3O2/c1-19-11-3-2-10-4-13(16-12(10)5-11)14(18)17-7-9(6-15)8-17/h2-5,9,16H,7-8H2,1H3. The number of nitrogens with one attached hydrogen (secondary N) is 1. The molecule has 0 saturated carbocycles. The fourth-order valence-corrected chi connectivity index (χ4v) is 2.24. The summed E-state index contributed by atoms with van der Waals surface area (Å²) in [4.78, 5) is 16.9. The number of aromatic nitrogens is 1. The summed E-state index contributed by atoms with van der Waals surface area (Å²) in [6.07, 6.45) is 0. The molecule has 1 aromatic heterocycles. The molecule has 1 saturated heterocycles.